The van der Waals surface area contributed by atoms with Crippen LogP contribution in [-0.2, 0) is 9.59 Å². The zero-order chi connectivity index (χ0) is 19.2. The lowest BCUT2D eigenvalue weighted by atomic mass is 10.0. The predicted molar refractivity (Wildman–Crippen MR) is 97.1 cm³/mol. The molecule has 2 amide bonds. The molecule has 2 aliphatic rings. The Hall–Kier alpha value is -3.37. The topological polar surface area (TPSA) is 78.4 Å². The highest BCUT2D eigenvalue weighted by atomic mass is 19.1. The summed E-state index contributed by atoms with van der Waals surface area (Å²) in [5.74, 6) is -1.50. The minimum Gasteiger partial charge on any atom is -0.508 e. The Morgan fingerprint density at radius 1 is 1.15 bits per heavy atom. The van der Waals surface area contributed by atoms with E-state index in [-0.39, 0.29) is 5.76 Å². The fraction of sp³-hybridized carbons (Fsp3) is 0.150. The quantitative estimate of drug-likeness (QED) is 0.284. The van der Waals surface area contributed by atoms with E-state index in [2.05, 4.69) is 29.5 Å². The minimum atomic E-state index is -1.18. The van der Waals surface area contributed by atoms with Crippen LogP contribution in [-0.4, -0.2) is 16.9 Å². The second-order valence-corrected chi connectivity index (χ2v) is 5.74. The Labute approximate surface area is 151 Å². The zero-order valence-electron chi connectivity index (χ0n) is 14.1. The van der Waals surface area contributed by atoms with Crippen molar-refractivity contribution in [3.05, 3.63) is 90.5 Å². The number of nitrogens with one attached hydrogen (secondary N) is 2. The molecule has 0 atom stereocenters. The SMILES string of the molecule is C=C/C(O)=C\C=C(/C=C)NC(=O)C1(C(=O)NC2=CC=C(F)C=C=C2)CC1. The van der Waals surface area contributed by atoms with Crippen molar-refractivity contribution in [2.24, 2.45) is 5.41 Å². The largest absolute Gasteiger partial charge is 0.508 e. The first-order valence-electron chi connectivity index (χ1n) is 7.90. The standard InChI is InChI=1S/C20H19FN2O3/c1-3-15(10-11-17(24)4-2)22-18(25)20(12-13-20)19(26)23-16-7-5-6-14(21)8-9-16/h3-4,6-11,24H,1-2,12-13H2,(H,22,25)(H,23,26)/b15-10+,17-11+. The van der Waals surface area contributed by atoms with E-state index in [9.17, 15) is 19.1 Å². The van der Waals surface area contributed by atoms with Crippen LogP contribution >= 0.6 is 0 Å². The van der Waals surface area contributed by atoms with Crippen molar-refractivity contribution in [2.45, 2.75) is 12.8 Å². The number of aliphatic hydroxyl groups excluding tert-OH is 1. The molecule has 3 N–H and O–H groups in total. The Balaban J connectivity index is 2.08. The number of rotatable bonds is 7. The number of carbonyl (C=O) groups excluding carboxylic acids is 2. The molecule has 0 radical (unpaired) electrons. The van der Waals surface area contributed by atoms with Crippen LogP contribution < -0.4 is 10.6 Å². The highest BCUT2D eigenvalue weighted by Crippen LogP contribution is 2.46. The lowest BCUT2D eigenvalue weighted by Gasteiger charge is -2.16. The van der Waals surface area contributed by atoms with Crippen molar-refractivity contribution in [1.29, 1.82) is 0 Å². The third-order valence-electron chi connectivity index (χ3n) is 3.88. The van der Waals surface area contributed by atoms with Crippen molar-refractivity contribution in [3.63, 3.8) is 0 Å². The van der Waals surface area contributed by atoms with Gasteiger partial charge in [0, 0.05) is 23.5 Å². The van der Waals surface area contributed by atoms with E-state index < -0.39 is 23.1 Å². The number of hydrogen-bond donors (Lipinski definition) is 3. The normalized spacial score (nSPS) is 18.2. The summed E-state index contributed by atoms with van der Waals surface area (Å²) in [7, 11) is 0. The van der Waals surface area contributed by atoms with E-state index in [0.29, 0.717) is 24.2 Å². The predicted octanol–water partition coefficient (Wildman–Crippen LogP) is 3.16. The van der Waals surface area contributed by atoms with E-state index in [0.717, 1.165) is 6.08 Å². The number of hydrogen-bond acceptors (Lipinski definition) is 3. The number of aliphatic hydroxyl groups is 1. The molecule has 0 aromatic rings. The maximum Gasteiger partial charge on any atom is 0.240 e. The van der Waals surface area contributed by atoms with Crippen molar-refractivity contribution < 1.29 is 19.1 Å². The van der Waals surface area contributed by atoms with E-state index in [4.69, 9.17) is 0 Å². The lowest BCUT2D eigenvalue weighted by Crippen LogP contribution is -2.42. The van der Waals surface area contributed by atoms with Gasteiger partial charge in [-0.15, -0.1) is 5.73 Å². The zero-order valence-corrected chi connectivity index (χ0v) is 14.1. The summed E-state index contributed by atoms with van der Waals surface area (Å²) in [6, 6.07) is 0. The summed E-state index contributed by atoms with van der Waals surface area (Å²) in [6.45, 7) is 7.00. The smallest absolute Gasteiger partial charge is 0.240 e. The van der Waals surface area contributed by atoms with Gasteiger partial charge >= 0.3 is 0 Å². The van der Waals surface area contributed by atoms with Gasteiger partial charge in [-0.3, -0.25) is 9.59 Å². The lowest BCUT2D eigenvalue weighted by molar-refractivity contribution is -0.136. The average molecular weight is 354 g/mol. The maximum absolute atomic E-state index is 13.1. The van der Waals surface area contributed by atoms with Crippen LogP contribution in [0.1, 0.15) is 12.8 Å². The van der Waals surface area contributed by atoms with Crippen molar-refractivity contribution in [1.82, 2.24) is 10.6 Å². The first kappa shape index (κ1) is 19.0. The summed E-state index contributed by atoms with van der Waals surface area (Å²) >= 11 is 0. The Morgan fingerprint density at radius 3 is 2.50 bits per heavy atom. The molecule has 0 saturated heterocycles. The second-order valence-electron chi connectivity index (χ2n) is 5.74. The first-order chi connectivity index (χ1) is 12.4. The Bertz CT molecular complexity index is 833. The highest BCUT2D eigenvalue weighted by Gasteiger charge is 2.56. The van der Waals surface area contributed by atoms with Gasteiger partial charge in [0.15, 0.2) is 0 Å². The third-order valence-corrected chi connectivity index (χ3v) is 3.88. The van der Waals surface area contributed by atoms with Gasteiger partial charge in [0.25, 0.3) is 0 Å². The van der Waals surface area contributed by atoms with Gasteiger partial charge in [-0.1, -0.05) is 13.2 Å². The van der Waals surface area contributed by atoms with Crippen molar-refractivity contribution in [3.8, 4) is 0 Å². The molecule has 2 rings (SSSR count). The minimum absolute atomic E-state index is 0.0714. The van der Waals surface area contributed by atoms with Crippen LogP contribution in [0.4, 0.5) is 4.39 Å². The van der Waals surface area contributed by atoms with Gasteiger partial charge in [0.05, 0.1) is 0 Å². The molecule has 0 unspecified atom stereocenters. The summed E-state index contributed by atoms with van der Waals surface area (Å²) in [4.78, 5) is 25.0. The van der Waals surface area contributed by atoms with Gasteiger partial charge in [0.1, 0.15) is 17.0 Å². The fourth-order valence-electron chi connectivity index (χ4n) is 2.14. The van der Waals surface area contributed by atoms with Crippen LogP contribution in [0.15, 0.2) is 90.5 Å². The number of allylic oxidation sites excluding steroid dienone is 8. The molecule has 2 aliphatic carbocycles. The molecule has 5 nitrogen and oxygen atoms in total. The molecular formula is C20H19FN2O3. The van der Waals surface area contributed by atoms with Crippen LogP contribution in [0.2, 0.25) is 0 Å². The van der Waals surface area contributed by atoms with E-state index in [1.54, 1.807) is 0 Å². The van der Waals surface area contributed by atoms with Gasteiger partial charge in [0.2, 0.25) is 11.8 Å². The van der Waals surface area contributed by atoms with E-state index in [1.807, 2.05) is 0 Å². The van der Waals surface area contributed by atoms with Gasteiger partial charge in [-0.05, 0) is 49.3 Å². The monoisotopic (exact) mass is 354 g/mol. The molecule has 0 aromatic heterocycles. The molecule has 1 fully saturated rings. The van der Waals surface area contributed by atoms with Crippen molar-refractivity contribution in [2.75, 3.05) is 0 Å². The summed E-state index contributed by atoms with van der Waals surface area (Å²) in [6.07, 6.45) is 11.4. The maximum atomic E-state index is 13.1. The molecule has 0 spiro atoms. The van der Waals surface area contributed by atoms with Crippen LogP contribution in [0, 0.1) is 5.41 Å². The summed E-state index contributed by atoms with van der Waals surface area (Å²) in [5, 5.41) is 14.6. The number of amides is 2. The first-order valence-corrected chi connectivity index (χ1v) is 7.90. The van der Waals surface area contributed by atoms with E-state index >= 15 is 0 Å². The van der Waals surface area contributed by atoms with Crippen LogP contribution in [0.5, 0.6) is 0 Å². The van der Waals surface area contributed by atoms with Crippen molar-refractivity contribution >= 4 is 11.8 Å². The van der Waals surface area contributed by atoms with E-state index in [1.165, 1.54) is 42.5 Å². The molecule has 134 valence electrons. The summed E-state index contributed by atoms with van der Waals surface area (Å²) < 4.78 is 13.1. The molecule has 0 heterocycles. The molecule has 0 bridgehead atoms. The second kappa shape index (κ2) is 8.14. The van der Waals surface area contributed by atoms with Gasteiger partial charge < -0.3 is 15.7 Å². The van der Waals surface area contributed by atoms with Gasteiger partial charge in [-0.25, -0.2) is 4.39 Å². The Morgan fingerprint density at radius 2 is 1.88 bits per heavy atom. The number of carbonyl (C=O) groups is 2. The molecule has 0 aromatic carbocycles. The third kappa shape index (κ3) is 4.59. The summed E-state index contributed by atoms with van der Waals surface area (Å²) in [5.41, 5.74) is 2.09. The van der Waals surface area contributed by atoms with Gasteiger partial charge in [-0.2, -0.15) is 0 Å². The van der Waals surface area contributed by atoms with Crippen LogP contribution in [0.3, 0.4) is 0 Å². The number of halogens is 1. The van der Waals surface area contributed by atoms with Crippen LogP contribution in [0.25, 0.3) is 0 Å². The fourth-order valence-corrected chi connectivity index (χ4v) is 2.14. The molecule has 26 heavy (non-hydrogen) atoms. The molecular weight excluding hydrogens is 335 g/mol. The molecule has 1 saturated carbocycles. The molecule has 0 aliphatic heterocycles. The Kier molecular flexibility index (Phi) is 5.94. The highest BCUT2D eigenvalue weighted by molar-refractivity contribution is 6.09. The average Bonchev–Trinajstić information content (AvgIpc) is 3.45. The molecule has 6 heteroatoms.